The molecule has 0 saturated heterocycles. The number of hydrogen-bond acceptors (Lipinski definition) is 4. The van der Waals surface area contributed by atoms with Gasteiger partial charge in [0.25, 0.3) is 0 Å². The molecule has 25 heavy (non-hydrogen) atoms. The predicted octanol–water partition coefficient (Wildman–Crippen LogP) is 4.94. The molecule has 0 amide bonds. The summed E-state index contributed by atoms with van der Waals surface area (Å²) in [5.41, 5.74) is 4.41. The number of nitrogens with zero attached hydrogens (tertiary/aromatic N) is 2. The largest absolute Gasteiger partial charge is 0.497 e. The lowest BCUT2D eigenvalue weighted by Crippen LogP contribution is -2.09. The Bertz CT molecular complexity index is 877. The topological polar surface area (TPSA) is 47.0 Å². The van der Waals surface area contributed by atoms with E-state index in [0.717, 1.165) is 34.2 Å². The summed E-state index contributed by atoms with van der Waals surface area (Å²) >= 11 is 0. The Morgan fingerprint density at radius 3 is 2.52 bits per heavy atom. The predicted molar refractivity (Wildman–Crippen MR) is 102 cm³/mol. The fourth-order valence-corrected chi connectivity index (χ4v) is 2.86. The van der Waals surface area contributed by atoms with Gasteiger partial charge in [0.05, 0.1) is 18.8 Å². The Hall–Kier alpha value is -2.88. The van der Waals surface area contributed by atoms with E-state index in [1.54, 1.807) is 7.11 Å². The van der Waals surface area contributed by atoms with Gasteiger partial charge in [-0.15, -0.1) is 0 Å². The minimum absolute atomic E-state index is 0.106. The molecule has 1 N–H and O–H groups in total. The van der Waals surface area contributed by atoms with Gasteiger partial charge in [-0.05, 0) is 44.0 Å². The van der Waals surface area contributed by atoms with Crippen molar-refractivity contribution in [3.8, 4) is 17.0 Å². The Morgan fingerprint density at radius 1 is 0.960 bits per heavy atom. The number of nitrogens with one attached hydrogen (secondary N) is 1. The van der Waals surface area contributed by atoms with Gasteiger partial charge in [0.1, 0.15) is 17.4 Å². The summed E-state index contributed by atoms with van der Waals surface area (Å²) < 4.78 is 5.31. The van der Waals surface area contributed by atoms with Crippen LogP contribution in [-0.2, 0) is 0 Å². The summed E-state index contributed by atoms with van der Waals surface area (Å²) in [5, 5.41) is 3.47. The zero-order valence-electron chi connectivity index (χ0n) is 15.1. The smallest absolute Gasteiger partial charge is 0.130 e. The van der Waals surface area contributed by atoms with Crippen LogP contribution in [0.25, 0.3) is 11.3 Å². The normalized spacial score (nSPS) is 11.8. The van der Waals surface area contributed by atoms with Gasteiger partial charge in [-0.25, -0.2) is 9.97 Å². The van der Waals surface area contributed by atoms with Gasteiger partial charge in [0.15, 0.2) is 0 Å². The number of benzene rings is 2. The molecule has 0 saturated carbocycles. The first-order valence-corrected chi connectivity index (χ1v) is 8.39. The van der Waals surface area contributed by atoms with Crippen molar-refractivity contribution >= 4 is 5.82 Å². The Balaban J connectivity index is 1.89. The van der Waals surface area contributed by atoms with Crippen LogP contribution in [0.15, 0.2) is 54.6 Å². The van der Waals surface area contributed by atoms with Crippen LogP contribution in [-0.4, -0.2) is 17.1 Å². The van der Waals surface area contributed by atoms with Crippen molar-refractivity contribution < 1.29 is 4.74 Å². The third-order valence-electron chi connectivity index (χ3n) is 4.22. The molecule has 1 aromatic heterocycles. The second-order valence-electron chi connectivity index (χ2n) is 6.14. The van der Waals surface area contributed by atoms with Gasteiger partial charge >= 0.3 is 0 Å². The molecule has 4 nitrogen and oxygen atoms in total. The Labute approximate surface area is 148 Å². The highest BCUT2D eigenvalue weighted by molar-refractivity contribution is 5.66. The van der Waals surface area contributed by atoms with Crippen LogP contribution >= 0.6 is 0 Å². The lowest BCUT2D eigenvalue weighted by atomic mass is 10.1. The van der Waals surface area contributed by atoms with Gasteiger partial charge < -0.3 is 10.1 Å². The van der Waals surface area contributed by atoms with E-state index < -0.39 is 0 Å². The maximum atomic E-state index is 5.31. The fourth-order valence-electron chi connectivity index (χ4n) is 2.86. The molecule has 3 rings (SSSR count). The van der Waals surface area contributed by atoms with Crippen molar-refractivity contribution in [1.82, 2.24) is 9.97 Å². The van der Waals surface area contributed by atoms with Crippen LogP contribution in [0.4, 0.5) is 5.82 Å². The summed E-state index contributed by atoms with van der Waals surface area (Å²) in [5.74, 6) is 2.42. The summed E-state index contributed by atoms with van der Waals surface area (Å²) in [7, 11) is 1.68. The lowest BCUT2D eigenvalue weighted by Gasteiger charge is -2.17. The van der Waals surface area contributed by atoms with E-state index in [9.17, 15) is 0 Å². The van der Waals surface area contributed by atoms with Crippen molar-refractivity contribution in [2.75, 3.05) is 12.4 Å². The first kappa shape index (κ1) is 17.0. The van der Waals surface area contributed by atoms with Crippen LogP contribution in [0.3, 0.4) is 0 Å². The molecule has 0 aliphatic rings. The molecule has 4 heteroatoms. The van der Waals surface area contributed by atoms with Crippen LogP contribution in [0.1, 0.15) is 29.9 Å². The Kier molecular flexibility index (Phi) is 4.98. The summed E-state index contributed by atoms with van der Waals surface area (Å²) in [6.45, 7) is 6.13. The Morgan fingerprint density at radius 2 is 1.76 bits per heavy atom. The summed E-state index contributed by atoms with van der Waals surface area (Å²) in [6.07, 6.45) is 0. The average molecular weight is 333 g/mol. The minimum Gasteiger partial charge on any atom is -0.497 e. The quantitative estimate of drug-likeness (QED) is 0.718. The zero-order chi connectivity index (χ0) is 17.8. The molecule has 1 atom stereocenters. The molecule has 0 fully saturated rings. The van der Waals surface area contributed by atoms with E-state index in [4.69, 9.17) is 4.74 Å². The maximum absolute atomic E-state index is 5.31. The molecule has 2 aromatic carbocycles. The lowest BCUT2D eigenvalue weighted by molar-refractivity contribution is 0.414. The van der Waals surface area contributed by atoms with Crippen molar-refractivity contribution in [3.05, 3.63) is 71.5 Å². The first-order valence-electron chi connectivity index (χ1n) is 8.39. The van der Waals surface area contributed by atoms with Crippen molar-refractivity contribution in [2.24, 2.45) is 0 Å². The van der Waals surface area contributed by atoms with E-state index in [1.165, 1.54) is 5.56 Å². The average Bonchev–Trinajstić information content (AvgIpc) is 2.61. The number of methoxy groups -OCH3 is 1. The molecular formula is C21H23N3O. The van der Waals surface area contributed by atoms with Crippen LogP contribution in [0, 0.1) is 13.8 Å². The monoisotopic (exact) mass is 333 g/mol. The van der Waals surface area contributed by atoms with Crippen molar-refractivity contribution in [2.45, 2.75) is 26.8 Å². The zero-order valence-corrected chi connectivity index (χ0v) is 15.1. The summed E-state index contributed by atoms with van der Waals surface area (Å²) in [4.78, 5) is 9.14. The molecule has 0 spiro atoms. The molecule has 0 radical (unpaired) electrons. The van der Waals surface area contributed by atoms with Gasteiger partial charge in [-0.3, -0.25) is 0 Å². The number of rotatable bonds is 5. The number of ether oxygens (including phenoxy) is 1. The first-order chi connectivity index (χ1) is 12.1. The number of hydrogen-bond donors (Lipinski definition) is 1. The highest BCUT2D eigenvalue weighted by Gasteiger charge is 2.11. The van der Waals surface area contributed by atoms with E-state index in [1.807, 2.05) is 43.3 Å². The van der Waals surface area contributed by atoms with E-state index >= 15 is 0 Å². The molecule has 3 aromatic rings. The molecule has 0 aliphatic carbocycles. The third-order valence-corrected chi connectivity index (χ3v) is 4.22. The molecule has 0 unspecified atom stereocenters. The SMILES string of the molecule is COc1cccc([C@H](C)Nc2cc(-c3ccccc3C)nc(C)n2)c1. The summed E-state index contributed by atoms with van der Waals surface area (Å²) in [6, 6.07) is 18.4. The van der Waals surface area contributed by atoms with Crippen LogP contribution < -0.4 is 10.1 Å². The molecule has 128 valence electrons. The van der Waals surface area contributed by atoms with Gasteiger partial charge in [0, 0.05) is 11.6 Å². The van der Waals surface area contributed by atoms with E-state index in [0.29, 0.717) is 0 Å². The second-order valence-corrected chi connectivity index (χ2v) is 6.14. The van der Waals surface area contributed by atoms with Crippen molar-refractivity contribution in [1.29, 1.82) is 0 Å². The molecule has 0 bridgehead atoms. The standard InChI is InChI=1S/C21H23N3O/c1-14-8-5-6-11-19(14)20-13-21(24-16(3)23-20)22-15(2)17-9-7-10-18(12-17)25-4/h5-13,15H,1-4H3,(H,22,23,24)/t15-/m0/s1. The highest BCUT2D eigenvalue weighted by Crippen LogP contribution is 2.26. The molecule has 1 heterocycles. The minimum atomic E-state index is 0.106. The van der Waals surface area contributed by atoms with Crippen LogP contribution in [0.5, 0.6) is 5.75 Å². The molecular weight excluding hydrogens is 310 g/mol. The van der Waals surface area contributed by atoms with Gasteiger partial charge in [-0.2, -0.15) is 0 Å². The van der Waals surface area contributed by atoms with E-state index in [-0.39, 0.29) is 6.04 Å². The molecule has 0 aliphatic heterocycles. The number of aryl methyl sites for hydroxylation is 2. The third kappa shape index (κ3) is 3.97. The van der Waals surface area contributed by atoms with Gasteiger partial charge in [-0.1, -0.05) is 36.4 Å². The van der Waals surface area contributed by atoms with Crippen LogP contribution in [0.2, 0.25) is 0 Å². The number of aromatic nitrogens is 2. The van der Waals surface area contributed by atoms with Gasteiger partial charge in [0.2, 0.25) is 0 Å². The van der Waals surface area contributed by atoms with E-state index in [2.05, 4.69) is 47.3 Å². The second kappa shape index (κ2) is 7.34. The highest BCUT2D eigenvalue weighted by atomic mass is 16.5. The fraction of sp³-hybridized carbons (Fsp3) is 0.238. The maximum Gasteiger partial charge on any atom is 0.130 e. The van der Waals surface area contributed by atoms with Crippen molar-refractivity contribution in [3.63, 3.8) is 0 Å². The number of anilines is 1.